The number of carbonyl (C=O) groups excluding carboxylic acids is 3. The topological polar surface area (TPSA) is 87.2 Å². The number of halogens is 1. The number of carbonyl (C=O) groups is 3. The number of unbranched alkanes of at least 4 members (excludes halogenated alkanes) is 2. The van der Waals surface area contributed by atoms with E-state index in [0.717, 1.165) is 19.3 Å². The Morgan fingerprint density at radius 1 is 1.32 bits per heavy atom. The van der Waals surface area contributed by atoms with Crippen molar-refractivity contribution in [1.29, 1.82) is 0 Å². The molecule has 0 aromatic carbocycles. The largest absolute Gasteiger partial charge is 0.465 e. The summed E-state index contributed by atoms with van der Waals surface area (Å²) in [5.74, 6) is -2.01. The number of allylic oxidation sites excluding steroid dienone is 1. The molecule has 34 heavy (non-hydrogen) atoms. The van der Waals surface area contributed by atoms with E-state index in [0.29, 0.717) is 19.6 Å². The fraction of sp³-hybridized carbons (Fsp3) is 0.720. The Morgan fingerprint density at radius 2 is 2.03 bits per heavy atom. The highest BCUT2D eigenvalue weighted by Gasteiger charge is 2.76. The Kier molecular flexibility index (Phi) is 8.96. The number of aliphatic hydroxyl groups is 1. The summed E-state index contributed by atoms with van der Waals surface area (Å²) in [5, 5.41) is 9.82. The van der Waals surface area contributed by atoms with Crippen LogP contribution in [-0.2, 0) is 19.1 Å². The van der Waals surface area contributed by atoms with Crippen molar-refractivity contribution in [3.63, 3.8) is 0 Å². The number of hydrogen-bond donors (Lipinski definition) is 1. The van der Waals surface area contributed by atoms with Crippen molar-refractivity contribution in [3.8, 4) is 0 Å². The number of aliphatic hydroxyl groups excluding tert-OH is 1. The molecule has 3 rings (SSSR count). The standard InChI is InChI=1S/C25H37BrN2O5S/c1-6-8-9-10-12-33-24(32)18-19-22(30)28(16(5)14-29)21(23(31)27(11-7-2)15(3)4)25(19)13-17(26)20(18)34-25/h6-7,15-21,29H,1-2,8-14H2,3-5H3/t16-,17?,18-,19+,20-,21?,25?/m1/s1. The van der Waals surface area contributed by atoms with Crippen LogP contribution in [0.4, 0.5) is 0 Å². The summed E-state index contributed by atoms with van der Waals surface area (Å²) >= 11 is 5.33. The van der Waals surface area contributed by atoms with Gasteiger partial charge in [0.25, 0.3) is 0 Å². The molecule has 2 amide bonds. The molecule has 0 aromatic heterocycles. The van der Waals surface area contributed by atoms with E-state index in [1.165, 1.54) is 0 Å². The zero-order chi connectivity index (χ0) is 25.2. The lowest BCUT2D eigenvalue weighted by molar-refractivity contribution is -0.154. The Bertz CT molecular complexity index is 823. The van der Waals surface area contributed by atoms with Crippen molar-refractivity contribution < 1.29 is 24.2 Å². The molecule has 3 fully saturated rings. The van der Waals surface area contributed by atoms with Crippen LogP contribution in [0.2, 0.25) is 0 Å². The Hall–Kier alpha value is -1.32. The van der Waals surface area contributed by atoms with E-state index in [4.69, 9.17) is 4.74 Å². The van der Waals surface area contributed by atoms with E-state index in [9.17, 15) is 19.5 Å². The maximum Gasteiger partial charge on any atom is 0.310 e. The molecule has 1 spiro atoms. The highest BCUT2D eigenvalue weighted by Crippen LogP contribution is 2.68. The molecular formula is C25H37BrN2O5S. The first-order valence-corrected chi connectivity index (χ1v) is 13.9. The number of nitrogens with zero attached hydrogens (tertiary/aromatic N) is 2. The van der Waals surface area contributed by atoms with Gasteiger partial charge >= 0.3 is 5.97 Å². The quantitative estimate of drug-likeness (QED) is 0.172. The van der Waals surface area contributed by atoms with Crippen molar-refractivity contribution >= 4 is 45.5 Å². The monoisotopic (exact) mass is 556 g/mol. The second-order valence-corrected chi connectivity index (χ2v) is 12.5. The molecule has 0 saturated carbocycles. The third-order valence-corrected chi connectivity index (χ3v) is 10.5. The first-order valence-electron chi connectivity index (χ1n) is 12.1. The number of esters is 1. The minimum atomic E-state index is -0.755. The van der Waals surface area contributed by atoms with Gasteiger partial charge in [-0.2, -0.15) is 0 Å². The van der Waals surface area contributed by atoms with Crippen LogP contribution in [0.25, 0.3) is 0 Å². The van der Waals surface area contributed by atoms with Crippen molar-refractivity contribution in [2.24, 2.45) is 11.8 Å². The van der Waals surface area contributed by atoms with Gasteiger partial charge in [-0.1, -0.05) is 28.1 Å². The second kappa shape index (κ2) is 11.2. The summed E-state index contributed by atoms with van der Waals surface area (Å²) in [4.78, 5) is 44.4. The predicted molar refractivity (Wildman–Crippen MR) is 138 cm³/mol. The van der Waals surface area contributed by atoms with Gasteiger partial charge in [0, 0.05) is 22.7 Å². The summed E-state index contributed by atoms with van der Waals surface area (Å²) < 4.78 is 4.89. The average molecular weight is 558 g/mol. The van der Waals surface area contributed by atoms with Gasteiger partial charge in [-0.15, -0.1) is 24.9 Å². The number of likely N-dealkylation sites (tertiary alicyclic amines) is 1. The van der Waals surface area contributed by atoms with Crippen LogP contribution < -0.4 is 0 Å². The fourth-order valence-electron chi connectivity index (χ4n) is 5.69. The number of amides is 2. The fourth-order valence-corrected chi connectivity index (χ4v) is 9.27. The molecule has 3 aliphatic heterocycles. The maximum atomic E-state index is 14.0. The molecule has 9 heteroatoms. The highest BCUT2D eigenvalue weighted by molar-refractivity contribution is 9.09. The predicted octanol–water partition coefficient (Wildman–Crippen LogP) is 3.15. The molecule has 3 saturated heterocycles. The molecular weight excluding hydrogens is 520 g/mol. The highest BCUT2D eigenvalue weighted by atomic mass is 79.9. The molecule has 3 heterocycles. The number of alkyl halides is 1. The number of rotatable bonds is 12. The van der Waals surface area contributed by atoms with Gasteiger partial charge in [-0.25, -0.2) is 0 Å². The first kappa shape index (κ1) is 27.3. The van der Waals surface area contributed by atoms with Crippen molar-refractivity contribution in [2.45, 2.75) is 79.4 Å². The number of hydrogen-bond acceptors (Lipinski definition) is 6. The molecule has 7 atom stereocenters. The second-order valence-electron chi connectivity index (χ2n) is 9.77. The molecule has 1 N–H and O–H groups in total. The van der Waals surface area contributed by atoms with Gasteiger partial charge in [0.05, 0.1) is 35.8 Å². The van der Waals surface area contributed by atoms with E-state index in [2.05, 4.69) is 29.1 Å². The average Bonchev–Trinajstić information content (AvgIpc) is 3.39. The maximum absolute atomic E-state index is 14.0. The number of thioether (sulfide) groups is 1. The van der Waals surface area contributed by atoms with Gasteiger partial charge in [0.2, 0.25) is 11.8 Å². The van der Waals surface area contributed by atoms with Crippen LogP contribution in [0.3, 0.4) is 0 Å². The van der Waals surface area contributed by atoms with E-state index < -0.39 is 28.7 Å². The Morgan fingerprint density at radius 3 is 2.62 bits per heavy atom. The third-order valence-electron chi connectivity index (χ3n) is 7.25. The summed E-state index contributed by atoms with van der Waals surface area (Å²) in [5.41, 5.74) is 0. The van der Waals surface area contributed by atoms with Crippen LogP contribution in [0, 0.1) is 11.8 Å². The van der Waals surface area contributed by atoms with E-state index in [1.54, 1.807) is 34.6 Å². The molecule has 3 aliphatic rings. The summed E-state index contributed by atoms with van der Waals surface area (Å²) in [6, 6.07) is -1.37. The normalized spacial score (nSPS) is 32.6. The van der Waals surface area contributed by atoms with Gasteiger partial charge < -0.3 is 19.6 Å². The van der Waals surface area contributed by atoms with Gasteiger partial charge in [-0.05, 0) is 46.5 Å². The number of ether oxygens (including phenoxy) is 1. The minimum Gasteiger partial charge on any atom is -0.465 e. The van der Waals surface area contributed by atoms with E-state index >= 15 is 0 Å². The van der Waals surface area contributed by atoms with Crippen LogP contribution in [0.5, 0.6) is 0 Å². The van der Waals surface area contributed by atoms with Crippen LogP contribution in [-0.4, -0.2) is 85.4 Å². The summed E-state index contributed by atoms with van der Waals surface area (Å²) in [6.45, 7) is 13.5. The smallest absolute Gasteiger partial charge is 0.310 e. The van der Waals surface area contributed by atoms with Crippen LogP contribution in [0.1, 0.15) is 46.5 Å². The van der Waals surface area contributed by atoms with Crippen molar-refractivity contribution in [2.75, 3.05) is 19.8 Å². The zero-order valence-electron chi connectivity index (χ0n) is 20.3. The molecule has 0 radical (unpaired) electrons. The van der Waals surface area contributed by atoms with E-state index in [1.807, 2.05) is 19.9 Å². The lowest BCUT2D eigenvalue weighted by Gasteiger charge is -2.40. The molecule has 0 aromatic rings. The van der Waals surface area contributed by atoms with Gasteiger partial charge in [0.15, 0.2) is 0 Å². The lowest BCUT2D eigenvalue weighted by atomic mass is 9.71. The van der Waals surface area contributed by atoms with Crippen LogP contribution >= 0.6 is 27.7 Å². The molecule has 2 bridgehead atoms. The molecule has 190 valence electrons. The summed E-state index contributed by atoms with van der Waals surface area (Å²) in [7, 11) is 0. The number of fused-ring (bicyclic) bond motifs is 1. The van der Waals surface area contributed by atoms with Crippen molar-refractivity contribution in [3.05, 3.63) is 25.3 Å². The van der Waals surface area contributed by atoms with Crippen molar-refractivity contribution in [1.82, 2.24) is 9.80 Å². The molecule has 3 unspecified atom stereocenters. The van der Waals surface area contributed by atoms with Gasteiger partial charge in [0.1, 0.15) is 6.04 Å². The molecule has 7 nitrogen and oxygen atoms in total. The first-order chi connectivity index (χ1) is 16.2. The third kappa shape index (κ3) is 4.60. The Labute approximate surface area is 215 Å². The summed E-state index contributed by atoms with van der Waals surface area (Å²) in [6.07, 6.45) is 6.62. The van der Waals surface area contributed by atoms with Gasteiger partial charge in [-0.3, -0.25) is 14.4 Å². The van der Waals surface area contributed by atoms with E-state index in [-0.39, 0.29) is 40.5 Å². The molecule has 0 aliphatic carbocycles. The minimum absolute atomic E-state index is 0.00791. The van der Waals surface area contributed by atoms with Crippen LogP contribution in [0.15, 0.2) is 25.3 Å². The Balaban J connectivity index is 1.96. The lowest BCUT2D eigenvalue weighted by Crippen LogP contribution is -2.58. The SMILES string of the molecule is C=CCCCCOC(=O)[C@H]1[C@@H]2SC3(CC2Br)C(C(=O)N(CC=C)C(C)C)N([C@H](C)CO)C(=O)[C@H]13. The zero-order valence-corrected chi connectivity index (χ0v) is 22.7.